The summed E-state index contributed by atoms with van der Waals surface area (Å²) in [6, 6.07) is 12.6. The molecule has 47 heavy (non-hydrogen) atoms. The van der Waals surface area contributed by atoms with Gasteiger partial charge in [-0.2, -0.15) is 26.3 Å². The molecule has 2 atom stereocenters. The van der Waals surface area contributed by atoms with Crippen molar-refractivity contribution in [2.24, 2.45) is 0 Å². The second-order valence-electron chi connectivity index (χ2n) is 11.6. The van der Waals surface area contributed by atoms with Crippen LogP contribution in [0.5, 0.6) is 5.75 Å². The number of piperidine rings is 1. The van der Waals surface area contributed by atoms with Crippen LogP contribution in [0.3, 0.4) is 0 Å². The van der Waals surface area contributed by atoms with E-state index in [0.29, 0.717) is 17.7 Å². The molecule has 14 heteroatoms. The lowest BCUT2D eigenvalue weighted by Crippen LogP contribution is -2.51. The summed E-state index contributed by atoms with van der Waals surface area (Å²) in [5.41, 5.74) is -3.98. The van der Waals surface area contributed by atoms with Crippen molar-refractivity contribution in [2.75, 3.05) is 26.8 Å². The highest BCUT2D eigenvalue weighted by molar-refractivity contribution is 5.78. The Morgan fingerprint density at radius 3 is 2.23 bits per heavy atom. The highest BCUT2D eigenvalue weighted by Crippen LogP contribution is 2.49. The number of rotatable bonds is 7. The quantitative estimate of drug-likeness (QED) is 0.274. The normalized spacial score (nSPS) is 20.8. The van der Waals surface area contributed by atoms with Crippen LogP contribution in [0.2, 0.25) is 0 Å². The molecule has 2 aliphatic heterocycles. The summed E-state index contributed by atoms with van der Waals surface area (Å²) in [6.07, 6.45) is -13.6. The number of carbonyl (C=O) groups excluding carboxylic acids is 2. The smallest absolute Gasteiger partial charge is 0.428 e. The molecule has 0 bridgehead atoms. The van der Waals surface area contributed by atoms with Gasteiger partial charge in [-0.1, -0.05) is 42.5 Å². The van der Waals surface area contributed by atoms with E-state index in [1.54, 1.807) is 6.07 Å². The van der Waals surface area contributed by atoms with E-state index in [0.717, 1.165) is 25.1 Å². The summed E-state index contributed by atoms with van der Waals surface area (Å²) in [4.78, 5) is 27.1. The van der Waals surface area contributed by atoms with Crippen LogP contribution >= 0.6 is 0 Å². The van der Waals surface area contributed by atoms with Crippen molar-refractivity contribution < 1.29 is 54.9 Å². The topological polar surface area (TPSA) is 79.3 Å². The Kier molecular flexibility index (Phi) is 9.19. The molecular weight excluding hydrogens is 637 g/mol. The Bertz CT molecular complexity index is 1640. The van der Waals surface area contributed by atoms with Crippen molar-refractivity contribution in [3.63, 3.8) is 0 Å². The van der Waals surface area contributed by atoms with Gasteiger partial charge in [0.2, 0.25) is 12.0 Å². The van der Waals surface area contributed by atoms with Gasteiger partial charge in [0.05, 0.1) is 19.2 Å². The Labute approximate surface area is 265 Å². The van der Waals surface area contributed by atoms with Crippen LogP contribution in [-0.2, 0) is 27.8 Å². The molecule has 252 valence electrons. The van der Waals surface area contributed by atoms with Crippen LogP contribution < -0.4 is 4.74 Å². The fourth-order valence-corrected chi connectivity index (χ4v) is 6.54. The van der Waals surface area contributed by atoms with Crippen molar-refractivity contribution >= 4 is 12.0 Å². The first-order valence-electron chi connectivity index (χ1n) is 14.7. The number of ether oxygens (including phenoxy) is 2. The van der Waals surface area contributed by atoms with Crippen LogP contribution in [0, 0.1) is 5.82 Å². The average Bonchev–Trinajstić information content (AvgIpc) is 3.31. The molecule has 3 aromatic carbocycles. The molecule has 2 aliphatic rings. The van der Waals surface area contributed by atoms with E-state index in [-0.39, 0.29) is 41.1 Å². The standard InChI is InChI=1S/C33H31F7N2O5/c1-31(20-7-4-3-5-8-20)29(33(38,39)40)47-30(45)42(31)17-24-21(9-6-10-25(24)32(35,36)37)23-15-22(26(34)16-27(23)46-2)19-11-13-41(14-12-19)28(44)18-43/h3-10,15-16,19,29,43H,11-14,17-18H2,1-2H3. The number of likely N-dealkylation sites (tertiary alicyclic amines) is 1. The third kappa shape index (κ3) is 6.34. The van der Waals surface area contributed by atoms with Gasteiger partial charge < -0.3 is 19.5 Å². The number of benzene rings is 3. The second kappa shape index (κ2) is 12.7. The summed E-state index contributed by atoms with van der Waals surface area (Å²) in [5.74, 6) is -1.76. The maximum atomic E-state index is 15.5. The number of cyclic esters (lactones) is 1. The van der Waals surface area contributed by atoms with E-state index < -0.39 is 72.0 Å². The van der Waals surface area contributed by atoms with Gasteiger partial charge in [0.1, 0.15) is 23.7 Å². The number of carbonyl (C=O) groups is 2. The summed E-state index contributed by atoms with van der Waals surface area (Å²) in [7, 11) is 1.20. The number of alkyl halides is 6. The van der Waals surface area contributed by atoms with Crippen LogP contribution in [0.4, 0.5) is 35.5 Å². The van der Waals surface area contributed by atoms with Gasteiger partial charge in [-0.25, -0.2) is 9.18 Å². The maximum Gasteiger partial charge on any atom is 0.428 e. The minimum absolute atomic E-state index is 0.00751. The first-order valence-corrected chi connectivity index (χ1v) is 14.7. The van der Waals surface area contributed by atoms with Gasteiger partial charge in [0, 0.05) is 24.7 Å². The molecule has 2 heterocycles. The second-order valence-corrected chi connectivity index (χ2v) is 11.6. The number of amides is 2. The number of hydrogen-bond donors (Lipinski definition) is 1. The predicted molar refractivity (Wildman–Crippen MR) is 155 cm³/mol. The van der Waals surface area contributed by atoms with E-state index >= 15 is 4.39 Å². The van der Waals surface area contributed by atoms with E-state index in [1.807, 2.05) is 0 Å². The molecule has 0 radical (unpaired) electrons. The molecule has 2 saturated heterocycles. The van der Waals surface area contributed by atoms with Crippen LogP contribution in [0.15, 0.2) is 60.7 Å². The zero-order valence-corrected chi connectivity index (χ0v) is 25.3. The van der Waals surface area contributed by atoms with Crippen molar-refractivity contribution in [1.29, 1.82) is 0 Å². The minimum Gasteiger partial charge on any atom is -0.496 e. The van der Waals surface area contributed by atoms with Crippen molar-refractivity contribution in [3.8, 4) is 16.9 Å². The van der Waals surface area contributed by atoms with Crippen LogP contribution in [-0.4, -0.2) is 66.0 Å². The zero-order chi connectivity index (χ0) is 34.3. The highest BCUT2D eigenvalue weighted by Gasteiger charge is 2.64. The lowest BCUT2D eigenvalue weighted by Gasteiger charge is -2.37. The molecule has 0 aliphatic carbocycles. The molecule has 0 saturated carbocycles. The Morgan fingerprint density at radius 1 is 1.00 bits per heavy atom. The molecule has 7 nitrogen and oxygen atoms in total. The number of hydrogen-bond acceptors (Lipinski definition) is 5. The van der Waals surface area contributed by atoms with Gasteiger partial charge in [0.15, 0.2) is 0 Å². The Morgan fingerprint density at radius 2 is 1.66 bits per heavy atom. The number of halogens is 7. The zero-order valence-electron chi connectivity index (χ0n) is 25.3. The molecule has 0 spiro atoms. The number of aliphatic hydroxyl groups excluding tert-OH is 1. The third-order valence-corrected chi connectivity index (χ3v) is 9.00. The van der Waals surface area contributed by atoms with Gasteiger partial charge in [-0.15, -0.1) is 0 Å². The number of nitrogens with zero attached hydrogens (tertiary/aromatic N) is 2. The SMILES string of the molecule is COc1cc(F)c(C2CCN(C(=O)CO)CC2)cc1-c1cccc(C(F)(F)F)c1CN1C(=O)OC(C(F)(F)F)C1(C)c1ccccc1. The fraction of sp³-hybridized carbons (Fsp3) is 0.394. The number of aliphatic hydroxyl groups is 1. The Balaban J connectivity index is 1.65. The molecule has 2 unspecified atom stereocenters. The molecule has 2 amide bonds. The lowest BCUT2D eigenvalue weighted by atomic mass is 9.83. The summed E-state index contributed by atoms with van der Waals surface area (Å²) in [5, 5.41) is 9.18. The first kappa shape index (κ1) is 34.0. The molecule has 1 N–H and O–H groups in total. The van der Waals surface area contributed by atoms with Gasteiger partial charge in [-0.3, -0.25) is 9.69 Å². The molecule has 5 rings (SSSR count). The average molecular weight is 669 g/mol. The largest absolute Gasteiger partial charge is 0.496 e. The monoisotopic (exact) mass is 668 g/mol. The third-order valence-electron chi connectivity index (χ3n) is 9.00. The number of methoxy groups -OCH3 is 1. The van der Waals surface area contributed by atoms with E-state index in [4.69, 9.17) is 9.47 Å². The van der Waals surface area contributed by atoms with Crippen molar-refractivity contribution in [3.05, 3.63) is 88.7 Å². The molecule has 2 fully saturated rings. The Hall–Kier alpha value is -4.33. The first-order chi connectivity index (χ1) is 22.1. The van der Waals surface area contributed by atoms with Crippen molar-refractivity contribution in [2.45, 2.75) is 56.2 Å². The minimum atomic E-state index is -5.06. The van der Waals surface area contributed by atoms with Gasteiger partial charge in [-0.05, 0) is 60.1 Å². The van der Waals surface area contributed by atoms with Gasteiger partial charge >= 0.3 is 18.4 Å². The van der Waals surface area contributed by atoms with Crippen molar-refractivity contribution in [1.82, 2.24) is 9.80 Å². The molecular formula is C33H31F7N2O5. The molecule has 3 aromatic rings. The fourth-order valence-electron chi connectivity index (χ4n) is 6.54. The highest BCUT2D eigenvalue weighted by atomic mass is 19.4. The van der Waals surface area contributed by atoms with E-state index in [9.17, 15) is 41.0 Å². The summed E-state index contributed by atoms with van der Waals surface area (Å²) >= 11 is 0. The van der Waals surface area contributed by atoms with Gasteiger partial charge in [0.25, 0.3) is 0 Å². The van der Waals surface area contributed by atoms with Crippen LogP contribution in [0.1, 0.15) is 47.9 Å². The van der Waals surface area contributed by atoms with Crippen LogP contribution in [0.25, 0.3) is 11.1 Å². The van der Waals surface area contributed by atoms with E-state index in [2.05, 4.69) is 0 Å². The predicted octanol–water partition coefficient (Wildman–Crippen LogP) is 7.02. The maximum absolute atomic E-state index is 15.5. The summed E-state index contributed by atoms with van der Waals surface area (Å²) in [6.45, 7) is -0.100. The lowest BCUT2D eigenvalue weighted by molar-refractivity contribution is -0.214. The van der Waals surface area contributed by atoms with E-state index in [1.165, 1.54) is 48.4 Å². The molecule has 0 aromatic heterocycles. The summed E-state index contributed by atoms with van der Waals surface area (Å²) < 4.78 is 112.